The quantitative estimate of drug-likeness (QED) is 0.485. The topological polar surface area (TPSA) is 3.88 Å². The monoisotopic (exact) mass is 227 g/mol. The van der Waals surface area contributed by atoms with Gasteiger partial charge in [0.25, 0.3) is 0 Å². The molecule has 1 heterocycles. The molecule has 0 radical (unpaired) electrons. The Hall–Kier alpha value is -0.560. The molecule has 0 amide bonds. The molecule has 0 bridgehead atoms. The number of hydrogen-bond acceptors (Lipinski definition) is 0. The van der Waals surface area contributed by atoms with Gasteiger partial charge in [-0.15, -0.1) is 0 Å². The van der Waals surface area contributed by atoms with Crippen LogP contribution in [0.5, 0.6) is 0 Å². The van der Waals surface area contributed by atoms with E-state index in [0.717, 1.165) is 0 Å². The fraction of sp³-hybridized carbons (Fsp3) is 0.615. The molecule has 0 saturated carbocycles. The first-order valence-electron chi connectivity index (χ1n) is 5.79. The lowest BCUT2D eigenvalue weighted by atomic mass is 10.1. The Morgan fingerprint density at radius 3 is 2.47 bits per heavy atom. The van der Waals surface area contributed by atoms with Gasteiger partial charge < -0.3 is 12.4 Å². The van der Waals surface area contributed by atoms with Crippen LogP contribution in [0.2, 0.25) is 0 Å². The van der Waals surface area contributed by atoms with Crippen molar-refractivity contribution in [1.82, 2.24) is 0 Å². The molecule has 0 spiro atoms. The van der Waals surface area contributed by atoms with Gasteiger partial charge in [-0.25, -0.2) is 4.57 Å². The summed E-state index contributed by atoms with van der Waals surface area (Å²) in [7, 11) is 0. The predicted octanol–water partition coefficient (Wildman–Crippen LogP) is 0.257. The van der Waals surface area contributed by atoms with Crippen LogP contribution in [0, 0.1) is 6.92 Å². The van der Waals surface area contributed by atoms with Crippen LogP contribution in [0.1, 0.15) is 44.7 Å². The second kappa shape index (κ2) is 8.72. The molecule has 0 aromatic carbocycles. The van der Waals surface area contributed by atoms with Gasteiger partial charge in [0.15, 0.2) is 11.9 Å². The van der Waals surface area contributed by atoms with Crippen molar-refractivity contribution in [3.63, 3.8) is 0 Å². The maximum absolute atomic E-state index is 2.34. The van der Waals surface area contributed by atoms with Crippen LogP contribution in [0.25, 0.3) is 0 Å². The summed E-state index contributed by atoms with van der Waals surface area (Å²) in [5.74, 6) is 0. The van der Waals surface area contributed by atoms with Gasteiger partial charge in [-0.1, -0.05) is 32.3 Å². The van der Waals surface area contributed by atoms with E-state index in [2.05, 4.69) is 42.8 Å². The van der Waals surface area contributed by atoms with Gasteiger partial charge in [-0.05, 0) is 6.42 Å². The highest BCUT2D eigenvalue weighted by Gasteiger charge is 2.02. The second-order valence-electron chi connectivity index (χ2n) is 3.95. The van der Waals surface area contributed by atoms with Crippen molar-refractivity contribution in [1.29, 1.82) is 0 Å². The molecule has 86 valence electrons. The molecular formula is C13H22ClN. The minimum absolute atomic E-state index is 0. The average Bonchev–Trinajstić information content (AvgIpc) is 2.20. The predicted molar refractivity (Wildman–Crippen MR) is 60.1 cm³/mol. The van der Waals surface area contributed by atoms with Crippen LogP contribution >= 0.6 is 0 Å². The number of halogens is 1. The van der Waals surface area contributed by atoms with E-state index in [4.69, 9.17) is 0 Å². The highest BCUT2D eigenvalue weighted by Crippen LogP contribution is 2.02. The zero-order valence-electron chi connectivity index (χ0n) is 9.88. The first-order chi connectivity index (χ1) is 6.84. The lowest BCUT2D eigenvalue weighted by Crippen LogP contribution is -3.00. The summed E-state index contributed by atoms with van der Waals surface area (Å²) in [6, 6.07) is 6.38. The molecule has 0 aliphatic carbocycles. The fourth-order valence-electron chi connectivity index (χ4n) is 1.70. The van der Waals surface area contributed by atoms with Crippen LogP contribution in [-0.4, -0.2) is 0 Å². The average molecular weight is 228 g/mol. The molecule has 0 saturated heterocycles. The molecule has 0 aliphatic heterocycles. The van der Waals surface area contributed by atoms with E-state index >= 15 is 0 Å². The zero-order chi connectivity index (χ0) is 10.2. The largest absolute Gasteiger partial charge is 1.00 e. The smallest absolute Gasteiger partial charge is 0.178 e. The van der Waals surface area contributed by atoms with Crippen molar-refractivity contribution >= 4 is 0 Å². The van der Waals surface area contributed by atoms with Crippen molar-refractivity contribution in [2.75, 3.05) is 0 Å². The van der Waals surface area contributed by atoms with Gasteiger partial charge in [-0.2, -0.15) is 0 Å². The van der Waals surface area contributed by atoms with Crippen LogP contribution in [0.3, 0.4) is 0 Å². The molecule has 1 aromatic heterocycles. The lowest BCUT2D eigenvalue weighted by molar-refractivity contribution is -0.703. The zero-order valence-corrected chi connectivity index (χ0v) is 10.6. The Kier molecular flexibility index (Phi) is 8.40. The molecule has 0 fully saturated rings. The van der Waals surface area contributed by atoms with E-state index in [1.54, 1.807) is 0 Å². The molecule has 0 unspecified atom stereocenters. The summed E-state index contributed by atoms with van der Waals surface area (Å²) < 4.78 is 2.34. The summed E-state index contributed by atoms with van der Waals surface area (Å²) in [4.78, 5) is 0. The van der Waals surface area contributed by atoms with Crippen molar-refractivity contribution in [2.24, 2.45) is 0 Å². The molecule has 0 aliphatic rings. The first-order valence-corrected chi connectivity index (χ1v) is 5.79. The Bertz CT molecular complexity index is 260. The van der Waals surface area contributed by atoms with Crippen LogP contribution in [-0.2, 0) is 6.54 Å². The summed E-state index contributed by atoms with van der Waals surface area (Å²) in [6.07, 6.45) is 8.97. The third kappa shape index (κ3) is 5.78. The van der Waals surface area contributed by atoms with Crippen molar-refractivity contribution in [2.45, 2.75) is 52.5 Å². The highest BCUT2D eigenvalue weighted by atomic mass is 35.5. The van der Waals surface area contributed by atoms with E-state index in [-0.39, 0.29) is 12.4 Å². The molecule has 1 nitrogen and oxygen atoms in total. The van der Waals surface area contributed by atoms with Gasteiger partial charge in [-0.3, -0.25) is 0 Å². The molecule has 0 atom stereocenters. The number of hydrogen-bond donors (Lipinski definition) is 0. The van der Waals surface area contributed by atoms with E-state index in [1.807, 2.05) is 0 Å². The van der Waals surface area contributed by atoms with E-state index < -0.39 is 0 Å². The van der Waals surface area contributed by atoms with Gasteiger partial charge >= 0.3 is 0 Å². The minimum atomic E-state index is 0. The molecule has 1 rings (SSSR count). The number of nitrogens with zero attached hydrogens (tertiary/aromatic N) is 1. The fourth-order valence-corrected chi connectivity index (χ4v) is 1.70. The molecule has 15 heavy (non-hydrogen) atoms. The normalized spacial score (nSPS) is 9.73. The van der Waals surface area contributed by atoms with E-state index in [9.17, 15) is 0 Å². The van der Waals surface area contributed by atoms with Crippen molar-refractivity contribution in [3.05, 3.63) is 30.1 Å². The van der Waals surface area contributed by atoms with Crippen molar-refractivity contribution < 1.29 is 17.0 Å². The minimum Gasteiger partial charge on any atom is -1.00 e. The van der Waals surface area contributed by atoms with Crippen molar-refractivity contribution in [3.8, 4) is 0 Å². The molecule has 2 heteroatoms. The van der Waals surface area contributed by atoms with Crippen LogP contribution in [0.4, 0.5) is 0 Å². The molecular weight excluding hydrogens is 206 g/mol. The number of aromatic nitrogens is 1. The third-order valence-corrected chi connectivity index (χ3v) is 2.67. The van der Waals surface area contributed by atoms with Gasteiger partial charge in [0.2, 0.25) is 0 Å². The summed E-state index contributed by atoms with van der Waals surface area (Å²) >= 11 is 0. The Balaban J connectivity index is 0.00000196. The first kappa shape index (κ1) is 14.4. The second-order valence-corrected chi connectivity index (χ2v) is 3.95. The number of pyridine rings is 1. The maximum Gasteiger partial charge on any atom is 0.178 e. The number of aryl methyl sites for hydroxylation is 2. The maximum atomic E-state index is 2.34. The molecule has 0 N–H and O–H groups in total. The summed E-state index contributed by atoms with van der Waals surface area (Å²) in [5, 5.41) is 0. The third-order valence-electron chi connectivity index (χ3n) is 2.67. The SMILES string of the molecule is CCCCCCC[n+]1ccccc1C.[Cl-]. The Morgan fingerprint density at radius 2 is 1.80 bits per heavy atom. The highest BCUT2D eigenvalue weighted by molar-refractivity contribution is 4.93. The van der Waals surface area contributed by atoms with Gasteiger partial charge in [0.1, 0.15) is 6.54 Å². The Morgan fingerprint density at radius 1 is 1.07 bits per heavy atom. The summed E-state index contributed by atoms with van der Waals surface area (Å²) in [6.45, 7) is 5.61. The van der Waals surface area contributed by atoms with Crippen LogP contribution < -0.4 is 17.0 Å². The number of unbranched alkanes of at least 4 members (excludes halogenated alkanes) is 4. The summed E-state index contributed by atoms with van der Waals surface area (Å²) in [5.41, 5.74) is 1.36. The van der Waals surface area contributed by atoms with Gasteiger partial charge in [0, 0.05) is 25.5 Å². The lowest BCUT2D eigenvalue weighted by Gasteiger charge is -2.00. The van der Waals surface area contributed by atoms with Crippen LogP contribution in [0.15, 0.2) is 24.4 Å². The Labute approximate surface area is 99.9 Å². The number of rotatable bonds is 6. The van der Waals surface area contributed by atoms with E-state index in [1.165, 1.54) is 44.3 Å². The standard InChI is InChI=1S/C13H22N.ClH/c1-3-4-5-6-8-11-14-12-9-7-10-13(14)2;/h7,9-10,12H,3-6,8,11H2,1-2H3;1H/q+1;/p-1. The molecule has 1 aromatic rings. The van der Waals surface area contributed by atoms with E-state index in [0.29, 0.717) is 0 Å². The van der Waals surface area contributed by atoms with Gasteiger partial charge in [0.05, 0.1) is 0 Å².